The SMILES string of the molecule is [2H]c1c([2H])c([2H])c(-c2ccc(-c3cccc(-c4nc(-c5ccccc5)nc(-c5ccc(-c6cccc7ccccc67)cc5)n4)c3)c3ccccc23)c([2H])c1[2H]. The van der Waals surface area contributed by atoms with Crippen LogP contribution in [0, 0.1) is 0 Å². The van der Waals surface area contributed by atoms with E-state index in [-0.39, 0.29) is 29.7 Å². The van der Waals surface area contributed by atoms with Crippen LogP contribution in [0.5, 0.6) is 0 Å². The van der Waals surface area contributed by atoms with Crippen molar-refractivity contribution in [3.8, 4) is 67.5 Å². The number of benzene rings is 8. The molecule has 1 aromatic heterocycles. The van der Waals surface area contributed by atoms with Gasteiger partial charge < -0.3 is 0 Å². The zero-order chi connectivity index (χ0) is 37.6. The minimum atomic E-state index is -0.411. The van der Waals surface area contributed by atoms with E-state index in [4.69, 9.17) is 21.8 Å². The predicted octanol–water partition coefficient (Wildman–Crippen LogP) is 12.2. The van der Waals surface area contributed by atoms with Gasteiger partial charge in [-0.05, 0) is 61.0 Å². The Bertz CT molecular complexity index is 2900. The lowest BCUT2D eigenvalue weighted by molar-refractivity contribution is 1.07. The number of aromatic nitrogens is 3. The number of rotatable bonds is 6. The van der Waals surface area contributed by atoms with Gasteiger partial charge in [0.05, 0.1) is 6.85 Å². The first kappa shape index (κ1) is 24.4. The predicted molar refractivity (Wildman–Crippen MR) is 207 cm³/mol. The number of hydrogen-bond donors (Lipinski definition) is 0. The van der Waals surface area contributed by atoms with E-state index in [0.717, 1.165) is 49.7 Å². The Morgan fingerprint density at radius 2 is 0.800 bits per heavy atom. The van der Waals surface area contributed by atoms with Gasteiger partial charge in [0, 0.05) is 16.7 Å². The van der Waals surface area contributed by atoms with Crippen LogP contribution >= 0.6 is 0 Å². The van der Waals surface area contributed by atoms with Crippen molar-refractivity contribution in [2.75, 3.05) is 0 Å². The average molecular weight is 643 g/mol. The van der Waals surface area contributed by atoms with Crippen LogP contribution in [-0.4, -0.2) is 15.0 Å². The minimum absolute atomic E-state index is 0.179. The van der Waals surface area contributed by atoms with Crippen LogP contribution < -0.4 is 0 Å². The Labute approximate surface area is 298 Å². The molecule has 0 bridgehead atoms. The highest BCUT2D eigenvalue weighted by Gasteiger charge is 2.15. The van der Waals surface area contributed by atoms with Crippen molar-refractivity contribution in [3.63, 3.8) is 0 Å². The van der Waals surface area contributed by atoms with Gasteiger partial charge in [-0.2, -0.15) is 0 Å². The first-order valence-corrected chi connectivity index (χ1v) is 16.5. The second-order valence-corrected chi connectivity index (χ2v) is 12.1. The molecule has 0 atom stereocenters. The van der Waals surface area contributed by atoms with Gasteiger partial charge >= 0.3 is 0 Å². The van der Waals surface area contributed by atoms with Crippen LogP contribution in [0.4, 0.5) is 0 Å². The number of hydrogen-bond acceptors (Lipinski definition) is 3. The fraction of sp³-hybridized carbons (Fsp3) is 0. The molecule has 9 aromatic rings. The van der Waals surface area contributed by atoms with Gasteiger partial charge in [0.25, 0.3) is 0 Å². The van der Waals surface area contributed by atoms with Gasteiger partial charge in [-0.1, -0.05) is 182 Å². The topological polar surface area (TPSA) is 38.7 Å². The molecular weight excluding hydrogens is 607 g/mol. The molecule has 0 aliphatic rings. The van der Waals surface area contributed by atoms with Gasteiger partial charge in [0.2, 0.25) is 0 Å². The summed E-state index contributed by atoms with van der Waals surface area (Å²) >= 11 is 0. The molecule has 0 radical (unpaired) electrons. The zero-order valence-electron chi connectivity index (χ0n) is 31.9. The third-order valence-electron chi connectivity index (χ3n) is 9.04. The summed E-state index contributed by atoms with van der Waals surface area (Å²) in [4.78, 5) is 15.0. The highest BCUT2D eigenvalue weighted by atomic mass is 15.0. The average Bonchev–Trinajstić information content (AvgIpc) is 3.25. The van der Waals surface area contributed by atoms with Gasteiger partial charge in [-0.3, -0.25) is 0 Å². The lowest BCUT2D eigenvalue weighted by Crippen LogP contribution is -2.00. The Morgan fingerprint density at radius 1 is 0.320 bits per heavy atom. The van der Waals surface area contributed by atoms with E-state index < -0.39 is 6.04 Å². The standard InChI is InChI=1S/C47H31N3/c1-3-13-32(14-4-1)41-29-30-42(44-23-10-9-22-43(41)44)37-19-11-20-38(31-37)47-49-45(35-16-5-2-6-17-35)48-46(50-47)36-27-25-34(26-28-36)40-24-12-18-33-15-7-8-21-39(33)40/h1-31H/i1D,3D,4D,13D,14D. The number of fused-ring (bicyclic) bond motifs is 2. The molecule has 9 rings (SSSR count). The second-order valence-electron chi connectivity index (χ2n) is 12.1. The highest BCUT2D eigenvalue weighted by molar-refractivity contribution is 6.05. The maximum absolute atomic E-state index is 8.64. The van der Waals surface area contributed by atoms with Gasteiger partial charge in [-0.15, -0.1) is 0 Å². The van der Waals surface area contributed by atoms with Crippen molar-refractivity contribution in [2.45, 2.75) is 0 Å². The maximum atomic E-state index is 8.64. The molecule has 3 nitrogen and oxygen atoms in total. The summed E-state index contributed by atoms with van der Waals surface area (Å²) in [5.41, 5.74) is 7.43. The first-order valence-electron chi connectivity index (χ1n) is 19.0. The van der Waals surface area contributed by atoms with E-state index in [0.29, 0.717) is 23.0 Å². The normalized spacial score (nSPS) is 12.6. The van der Waals surface area contributed by atoms with Crippen molar-refractivity contribution < 1.29 is 6.85 Å². The van der Waals surface area contributed by atoms with Crippen LogP contribution in [0.1, 0.15) is 6.85 Å². The summed E-state index contributed by atoms with van der Waals surface area (Å²) in [6, 6.07) is 51.0. The second kappa shape index (κ2) is 12.7. The fourth-order valence-corrected chi connectivity index (χ4v) is 6.61. The Morgan fingerprint density at radius 3 is 1.52 bits per heavy atom. The molecule has 8 aromatic carbocycles. The first-order chi connectivity index (χ1) is 26.9. The van der Waals surface area contributed by atoms with E-state index in [9.17, 15) is 0 Å². The molecule has 0 fully saturated rings. The molecule has 3 heteroatoms. The summed E-state index contributed by atoms with van der Waals surface area (Å²) in [7, 11) is 0. The van der Waals surface area contributed by atoms with E-state index >= 15 is 0 Å². The molecule has 50 heavy (non-hydrogen) atoms. The third-order valence-corrected chi connectivity index (χ3v) is 9.04. The summed E-state index contributed by atoms with van der Waals surface area (Å²) in [6.45, 7) is 0. The Balaban J connectivity index is 1.15. The lowest BCUT2D eigenvalue weighted by Gasteiger charge is -2.13. The molecule has 0 aliphatic carbocycles. The Kier molecular flexibility index (Phi) is 6.22. The van der Waals surface area contributed by atoms with E-state index in [1.807, 2.05) is 84.9 Å². The summed E-state index contributed by atoms with van der Waals surface area (Å²) in [6.07, 6.45) is 0. The molecule has 0 aliphatic heterocycles. The molecular formula is C47H31N3. The fourth-order valence-electron chi connectivity index (χ4n) is 6.61. The monoisotopic (exact) mass is 642 g/mol. The third kappa shape index (κ3) is 5.51. The maximum Gasteiger partial charge on any atom is 0.164 e. The van der Waals surface area contributed by atoms with Crippen molar-refractivity contribution in [1.29, 1.82) is 0 Å². The largest absolute Gasteiger partial charge is 0.208 e. The van der Waals surface area contributed by atoms with Crippen molar-refractivity contribution in [2.24, 2.45) is 0 Å². The summed E-state index contributed by atoms with van der Waals surface area (Å²) < 4.78 is 41.9. The highest BCUT2D eigenvalue weighted by Crippen LogP contribution is 2.37. The molecule has 0 spiro atoms. The van der Waals surface area contributed by atoms with Crippen LogP contribution in [0.3, 0.4) is 0 Å². The zero-order valence-corrected chi connectivity index (χ0v) is 26.9. The molecule has 0 amide bonds. The summed E-state index contributed by atoms with van der Waals surface area (Å²) in [5, 5.41) is 4.06. The van der Waals surface area contributed by atoms with Crippen molar-refractivity contribution >= 4 is 21.5 Å². The van der Waals surface area contributed by atoms with Crippen LogP contribution in [0.2, 0.25) is 0 Å². The lowest BCUT2D eigenvalue weighted by atomic mass is 9.91. The van der Waals surface area contributed by atoms with Crippen LogP contribution in [-0.2, 0) is 0 Å². The van der Waals surface area contributed by atoms with Crippen LogP contribution in [0.25, 0.3) is 89.1 Å². The van der Waals surface area contributed by atoms with E-state index in [2.05, 4.69) is 72.8 Å². The van der Waals surface area contributed by atoms with Crippen LogP contribution in [0.15, 0.2) is 188 Å². The van der Waals surface area contributed by atoms with E-state index in [1.165, 1.54) is 10.8 Å². The van der Waals surface area contributed by atoms with Crippen molar-refractivity contribution in [1.82, 2.24) is 15.0 Å². The summed E-state index contributed by atoms with van der Waals surface area (Å²) in [5.74, 6) is 1.66. The number of nitrogens with zero attached hydrogens (tertiary/aromatic N) is 3. The molecule has 0 unspecified atom stereocenters. The van der Waals surface area contributed by atoms with Gasteiger partial charge in [0.1, 0.15) is 0 Å². The van der Waals surface area contributed by atoms with Gasteiger partial charge in [-0.25, -0.2) is 15.0 Å². The minimum Gasteiger partial charge on any atom is -0.208 e. The van der Waals surface area contributed by atoms with Gasteiger partial charge in [0.15, 0.2) is 17.5 Å². The molecule has 234 valence electrons. The van der Waals surface area contributed by atoms with Crippen molar-refractivity contribution in [3.05, 3.63) is 188 Å². The quantitative estimate of drug-likeness (QED) is 0.181. The molecule has 0 N–H and O–H groups in total. The molecule has 0 saturated carbocycles. The molecule has 0 saturated heterocycles. The smallest absolute Gasteiger partial charge is 0.164 e. The Hall–Kier alpha value is -6.71. The molecule has 1 heterocycles. The van der Waals surface area contributed by atoms with E-state index in [1.54, 1.807) is 0 Å².